The van der Waals surface area contributed by atoms with Crippen molar-refractivity contribution in [2.24, 2.45) is 0 Å². The summed E-state index contributed by atoms with van der Waals surface area (Å²) in [6, 6.07) is 8.67. The van der Waals surface area contributed by atoms with Crippen LogP contribution in [0.25, 0.3) is 0 Å². The monoisotopic (exact) mass is 387 g/mol. The Labute approximate surface area is 128 Å². The van der Waals surface area contributed by atoms with Crippen LogP contribution in [0, 0.1) is 12.7 Å². The minimum absolute atomic E-state index is 0.288. The lowest BCUT2D eigenvalue weighted by Gasteiger charge is -2.11. The second-order valence-corrected chi connectivity index (χ2v) is 5.39. The summed E-state index contributed by atoms with van der Waals surface area (Å²) in [6.07, 6.45) is 0. The van der Waals surface area contributed by atoms with Crippen molar-refractivity contribution >= 4 is 31.9 Å². The molecule has 0 bridgehead atoms. The second kappa shape index (κ2) is 6.48. The van der Waals surface area contributed by atoms with Gasteiger partial charge in [0.05, 0.1) is 10.2 Å². The average molecular weight is 389 g/mol. The number of alkyl halides is 1. The molecule has 0 saturated heterocycles. The molecule has 2 rings (SSSR count). The van der Waals surface area contributed by atoms with Gasteiger partial charge in [0.25, 0.3) is 0 Å². The SMILES string of the molecule is Cc1ccc(OCc2cccc(F)c2Br)c(CBr)n1. The molecular weight excluding hydrogens is 377 g/mol. The first kappa shape index (κ1) is 14.5. The zero-order chi connectivity index (χ0) is 13.8. The molecule has 5 heteroatoms. The van der Waals surface area contributed by atoms with Gasteiger partial charge in [0.15, 0.2) is 0 Å². The molecule has 0 aliphatic carbocycles. The van der Waals surface area contributed by atoms with Gasteiger partial charge in [0, 0.05) is 16.6 Å². The average Bonchev–Trinajstić information content (AvgIpc) is 2.41. The molecule has 19 heavy (non-hydrogen) atoms. The number of pyridine rings is 1. The Morgan fingerprint density at radius 2 is 2.05 bits per heavy atom. The summed E-state index contributed by atoms with van der Waals surface area (Å²) in [5, 5.41) is 0.619. The third-order valence-corrected chi connectivity index (χ3v) is 4.03. The lowest BCUT2D eigenvalue weighted by molar-refractivity contribution is 0.300. The molecule has 0 amide bonds. The fourth-order valence-electron chi connectivity index (χ4n) is 1.64. The van der Waals surface area contributed by atoms with Crippen LogP contribution in [0.2, 0.25) is 0 Å². The van der Waals surface area contributed by atoms with Gasteiger partial charge >= 0.3 is 0 Å². The van der Waals surface area contributed by atoms with Crippen molar-refractivity contribution in [3.05, 3.63) is 57.6 Å². The summed E-state index contributed by atoms with van der Waals surface area (Å²) >= 11 is 6.60. The van der Waals surface area contributed by atoms with Crippen molar-refractivity contribution in [1.29, 1.82) is 0 Å². The highest BCUT2D eigenvalue weighted by Gasteiger charge is 2.08. The maximum atomic E-state index is 13.4. The predicted molar refractivity (Wildman–Crippen MR) is 80.0 cm³/mol. The molecule has 1 aromatic heterocycles. The molecule has 2 aromatic rings. The summed E-state index contributed by atoms with van der Waals surface area (Å²) in [7, 11) is 0. The summed E-state index contributed by atoms with van der Waals surface area (Å²) < 4.78 is 19.5. The fraction of sp³-hybridized carbons (Fsp3) is 0.214. The van der Waals surface area contributed by atoms with E-state index in [1.807, 2.05) is 25.1 Å². The Bertz CT molecular complexity index is 590. The number of hydrogen-bond acceptors (Lipinski definition) is 2. The molecule has 1 aromatic carbocycles. The number of ether oxygens (including phenoxy) is 1. The van der Waals surface area contributed by atoms with E-state index < -0.39 is 0 Å². The predicted octanol–water partition coefficient (Wildman–Crippen LogP) is 4.77. The van der Waals surface area contributed by atoms with E-state index in [2.05, 4.69) is 36.8 Å². The minimum Gasteiger partial charge on any atom is -0.487 e. The third-order valence-electron chi connectivity index (χ3n) is 2.61. The number of halogens is 3. The van der Waals surface area contributed by atoms with E-state index in [-0.39, 0.29) is 5.82 Å². The molecule has 0 aliphatic heterocycles. The number of nitrogens with zero attached hydrogens (tertiary/aromatic N) is 1. The van der Waals surface area contributed by atoms with Crippen molar-refractivity contribution in [2.75, 3.05) is 0 Å². The van der Waals surface area contributed by atoms with Crippen molar-refractivity contribution in [1.82, 2.24) is 4.98 Å². The highest BCUT2D eigenvalue weighted by Crippen LogP contribution is 2.24. The molecule has 0 radical (unpaired) electrons. The summed E-state index contributed by atoms with van der Waals surface area (Å²) in [4.78, 5) is 4.39. The number of rotatable bonds is 4. The summed E-state index contributed by atoms with van der Waals surface area (Å²) in [5.74, 6) is 0.419. The van der Waals surface area contributed by atoms with Crippen LogP contribution in [0.3, 0.4) is 0 Å². The van der Waals surface area contributed by atoms with Gasteiger partial charge in [-0.2, -0.15) is 0 Å². The first-order chi connectivity index (χ1) is 9.11. The van der Waals surface area contributed by atoms with Gasteiger partial charge in [0.2, 0.25) is 0 Å². The van der Waals surface area contributed by atoms with E-state index in [1.54, 1.807) is 6.07 Å². The fourth-order valence-corrected chi connectivity index (χ4v) is 2.42. The highest BCUT2D eigenvalue weighted by atomic mass is 79.9. The van der Waals surface area contributed by atoms with Crippen LogP contribution in [0.1, 0.15) is 17.0 Å². The topological polar surface area (TPSA) is 22.1 Å². The Hall–Kier alpha value is -0.940. The van der Waals surface area contributed by atoms with E-state index in [4.69, 9.17) is 4.74 Å². The Morgan fingerprint density at radius 3 is 2.79 bits per heavy atom. The molecular formula is C14H12Br2FNO. The van der Waals surface area contributed by atoms with Crippen molar-refractivity contribution in [2.45, 2.75) is 18.9 Å². The third kappa shape index (κ3) is 3.54. The molecule has 2 nitrogen and oxygen atoms in total. The molecule has 0 N–H and O–H groups in total. The van der Waals surface area contributed by atoms with Crippen LogP contribution in [0.4, 0.5) is 4.39 Å². The minimum atomic E-state index is -0.288. The number of aryl methyl sites for hydroxylation is 1. The number of aromatic nitrogens is 1. The molecule has 0 spiro atoms. The molecule has 0 atom stereocenters. The Morgan fingerprint density at radius 1 is 1.26 bits per heavy atom. The van der Waals surface area contributed by atoms with Gasteiger partial charge in [-0.3, -0.25) is 4.98 Å². The summed E-state index contributed by atoms with van der Waals surface area (Å²) in [6.45, 7) is 2.22. The number of hydrogen-bond donors (Lipinski definition) is 0. The van der Waals surface area contributed by atoms with Crippen LogP contribution in [-0.4, -0.2) is 4.98 Å². The Kier molecular flexibility index (Phi) is 4.93. The van der Waals surface area contributed by atoms with Gasteiger partial charge in [-0.15, -0.1) is 0 Å². The molecule has 1 heterocycles. The van der Waals surface area contributed by atoms with Crippen LogP contribution in [-0.2, 0) is 11.9 Å². The lowest BCUT2D eigenvalue weighted by Crippen LogP contribution is -2.01. The molecule has 100 valence electrons. The van der Waals surface area contributed by atoms with E-state index in [0.29, 0.717) is 22.2 Å². The van der Waals surface area contributed by atoms with E-state index in [9.17, 15) is 4.39 Å². The molecule has 0 saturated carbocycles. The van der Waals surface area contributed by atoms with Crippen LogP contribution in [0.5, 0.6) is 5.75 Å². The zero-order valence-electron chi connectivity index (χ0n) is 10.3. The maximum absolute atomic E-state index is 13.4. The standard InChI is InChI=1S/C14H12Br2FNO/c1-9-5-6-13(12(7-15)18-9)19-8-10-3-2-4-11(17)14(10)16/h2-6H,7-8H2,1H3. The van der Waals surface area contributed by atoms with E-state index >= 15 is 0 Å². The van der Waals surface area contributed by atoms with Gasteiger partial charge in [-0.1, -0.05) is 28.1 Å². The van der Waals surface area contributed by atoms with Crippen LogP contribution >= 0.6 is 31.9 Å². The quantitative estimate of drug-likeness (QED) is 0.704. The van der Waals surface area contributed by atoms with Gasteiger partial charge in [0.1, 0.15) is 18.2 Å². The maximum Gasteiger partial charge on any atom is 0.142 e. The van der Waals surface area contributed by atoms with Crippen LogP contribution in [0.15, 0.2) is 34.8 Å². The summed E-state index contributed by atoms with van der Waals surface area (Å²) in [5.41, 5.74) is 2.54. The van der Waals surface area contributed by atoms with E-state index in [0.717, 1.165) is 17.0 Å². The van der Waals surface area contributed by atoms with Gasteiger partial charge < -0.3 is 4.74 Å². The smallest absolute Gasteiger partial charge is 0.142 e. The van der Waals surface area contributed by atoms with Crippen molar-refractivity contribution < 1.29 is 9.13 Å². The van der Waals surface area contributed by atoms with Crippen molar-refractivity contribution in [3.63, 3.8) is 0 Å². The lowest BCUT2D eigenvalue weighted by atomic mass is 10.2. The normalized spacial score (nSPS) is 10.5. The largest absolute Gasteiger partial charge is 0.487 e. The van der Waals surface area contributed by atoms with Gasteiger partial charge in [-0.05, 0) is 41.1 Å². The first-order valence-electron chi connectivity index (χ1n) is 5.70. The molecule has 0 unspecified atom stereocenters. The number of benzene rings is 1. The Balaban J connectivity index is 2.17. The van der Waals surface area contributed by atoms with E-state index in [1.165, 1.54) is 6.07 Å². The van der Waals surface area contributed by atoms with Crippen LogP contribution < -0.4 is 4.74 Å². The van der Waals surface area contributed by atoms with Crippen molar-refractivity contribution in [3.8, 4) is 5.75 Å². The molecule has 0 fully saturated rings. The van der Waals surface area contributed by atoms with Gasteiger partial charge in [-0.25, -0.2) is 4.39 Å². The first-order valence-corrected chi connectivity index (χ1v) is 7.61. The second-order valence-electron chi connectivity index (χ2n) is 4.03. The highest BCUT2D eigenvalue weighted by molar-refractivity contribution is 9.10. The molecule has 0 aliphatic rings. The zero-order valence-corrected chi connectivity index (χ0v) is 13.5.